The highest BCUT2D eigenvalue weighted by atomic mass is 19.4. The normalized spacial score (nSPS) is 24.2. The van der Waals surface area contributed by atoms with E-state index in [9.17, 15) is 26.3 Å². The van der Waals surface area contributed by atoms with E-state index < -0.39 is 23.5 Å². The fourth-order valence-electron chi connectivity index (χ4n) is 4.18. The maximum atomic E-state index is 13.2. The van der Waals surface area contributed by atoms with E-state index in [0.717, 1.165) is 57.8 Å². The van der Waals surface area contributed by atoms with Crippen molar-refractivity contribution in [3.05, 3.63) is 29.3 Å². The average Bonchev–Trinajstić information content (AvgIpc) is 2.69. The van der Waals surface area contributed by atoms with Gasteiger partial charge >= 0.3 is 12.4 Å². The van der Waals surface area contributed by atoms with Gasteiger partial charge in [-0.15, -0.1) is 0 Å². The summed E-state index contributed by atoms with van der Waals surface area (Å²) in [5, 5.41) is 5.91. The SMILES string of the molecule is N[C@H]1CCCC[C@@H]1N=C(Nc1cc(C(F)(F)F)cc(C(F)(F)F)c1)NC1CCCCC1. The minimum absolute atomic E-state index is 0.0627. The quantitative estimate of drug-likeness (QED) is 0.315. The second-order valence-electron chi connectivity index (χ2n) is 8.39. The van der Waals surface area contributed by atoms with Crippen LogP contribution in [0.15, 0.2) is 23.2 Å². The first-order valence-corrected chi connectivity index (χ1v) is 10.7. The van der Waals surface area contributed by atoms with Crippen LogP contribution in [-0.2, 0) is 12.4 Å². The predicted octanol–water partition coefficient (Wildman–Crippen LogP) is 5.68. The van der Waals surface area contributed by atoms with Crippen LogP contribution in [0.5, 0.6) is 0 Å². The molecule has 1 aromatic carbocycles. The molecule has 0 heterocycles. The van der Waals surface area contributed by atoms with Crippen LogP contribution in [0.25, 0.3) is 0 Å². The molecule has 4 nitrogen and oxygen atoms in total. The van der Waals surface area contributed by atoms with Gasteiger partial charge in [-0.2, -0.15) is 26.3 Å². The standard InChI is InChI=1S/C21H28F6N4/c22-20(23,24)13-10-14(21(25,26)27)12-16(11-13)30-19(29-15-6-2-1-3-7-15)31-18-9-5-4-8-17(18)28/h10-12,15,17-18H,1-9,28H2,(H2,29,30,31)/t17-,18-/m0/s1. The zero-order valence-electron chi connectivity index (χ0n) is 17.1. The number of hydrogen-bond donors (Lipinski definition) is 3. The summed E-state index contributed by atoms with van der Waals surface area (Å²) in [6.07, 6.45) is -1.52. The fraction of sp³-hybridized carbons (Fsp3) is 0.667. The zero-order chi connectivity index (χ0) is 22.6. The van der Waals surface area contributed by atoms with Crippen LogP contribution in [-0.4, -0.2) is 24.1 Å². The first kappa shape index (κ1) is 23.7. The summed E-state index contributed by atoms with van der Waals surface area (Å²) in [5.41, 5.74) is 3.12. The Morgan fingerprint density at radius 1 is 0.806 bits per heavy atom. The molecule has 31 heavy (non-hydrogen) atoms. The van der Waals surface area contributed by atoms with Gasteiger partial charge in [0, 0.05) is 17.8 Å². The third-order valence-corrected chi connectivity index (χ3v) is 5.87. The molecule has 2 saturated carbocycles. The number of hydrogen-bond acceptors (Lipinski definition) is 2. The van der Waals surface area contributed by atoms with Gasteiger partial charge in [0.1, 0.15) is 0 Å². The monoisotopic (exact) mass is 450 g/mol. The predicted molar refractivity (Wildman–Crippen MR) is 108 cm³/mol. The number of alkyl halides is 6. The number of halogens is 6. The van der Waals surface area contributed by atoms with Crippen molar-refractivity contribution in [3.63, 3.8) is 0 Å². The van der Waals surface area contributed by atoms with Gasteiger partial charge in [0.15, 0.2) is 5.96 Å². The second-order valence-corrected chi connectivity index (χ2v) is 8.39. The minimum Gasteiger partial charge on any atom is -0.353 e. The van der Waals surface area contributed by atoms with E-state index in [1.165, 1.54) is 0 Å². The number of rotatable bonds is 3. The van der Waals surface area contributed by atoms with Gasteiger partial charge < -0.3 is 16.4 Å². The highest BCUT2D eigenvalue weighted by Gasteiger charge is 2.37. The van der Waals surface area contributed by atoms with E-state index in [2.05, 4.69) is 15.6 Å². The number of benzene rings is 1. The molecule has 4 N–H and O–H groups in total. The molecule has 1 aromatic rings. The highest BCUT2D eigenvalue weighted by Crippen LogP contribution is 2.37. The Morgan fingerprint density at radius 2 is 1.35 bits per heavy atom. The fourth-order valence-corrected chi connectivity index (χ4v) is 4.18. The summed E-state index contributed by atoms with van der Waals surface area (Å²) in [7, 11) is 0. The van der Waals surface area contributed by atoms with Gasteiger partial charge in [0.2, 0.25) is 0 Å². The van der Waals surface area contributed by atoms with Gasteiger partial charge in [0.25, 0.3) is 0 Å². The molecule has 0 bridgehead atoms. The summed E-state index contributed by atoms with van der Waals surface area (Å²) in [5.74, 6) is 0.182. The van der Waals surface area contributed by atoms with Gasteiger partial charge in [-0.05, 0) is 43.9 Å². The summed E-state index contributed by atoms with van der Waals surface area (Å²) in [4.78, 5) is 4.60. The lowest BCUT2D eigenvalue weighted by Crippen LogP contribution is -2.44. The Labute approximate surface area is 177 Å². The van der Waals surface area contributed by atoms with Crippen molar-refractivity contribution in [2.24, 2.45) is 10.7 Å². The van der Waals surface area contributed by atoms with Crippen molar-refractivity contribution >= 4 is 11.6 Å². The van der Waals surface area contributed by atoms with Crippen LogP contribution in [0.3, 0.4) is 0 Å². The molecule has 3 rings (SSSR count). The zero-order valence-corrected chi connectivity index (χ0v) is 17.1. The molecule has 0 unspecified atom stereocenters. The summed E-state index contributed by atoms with van der Waals surface area (Å²) in [6.45, 7) is 0. The molecule has 2 aliphatic carbocycles. The third kappa shape index (κ3) is 6.75. The van der Waals surface area contributed by atoms with Gasteiger partial charge in [0.05, 0.1) is 17.2 Å². The van der Waals surface area contributed by atoms with E-state index >= 15 is 0 Å². The summed E-state index contributed by atoms with van der Waals surface area (Å²) in [6, 6.07) is 1.11. The van der Waals surface area contributed by atoms with Crippen LogP contribution in [0.4, 0.5) is 32.0 Å². The van der Waals surface area contributed by atoms with Gasteiger partial charge in [-0.25, -0.2) is 4.99 Å². The lowest BCUT2D eigenvalue weighted by molar-refractivity contribution is -0.143. The maximum Gasteiger partial charge on any atom is 0.416 e. The van der Waals surface area contributed by atoms with Crippen molar-refractivity contribution in [3.8, 4) is 0 Å². The Hall–Kier alpha value is -1.97. The highest BCUT2D eigenvalue weighted by molar-refractivity contribution is 5.94. The number of nitrogens with one attached hydrogen (secondary N) is 2. The van der Waals surface area contributed by atoms with E-state index in [1.807, 2.05) is 0 Å². The number of aliphatic imine (C=N–C) groups is 1. The number of guanidine groups is 1. The molecule has 0 amide bonds. The molecular formula is C21H28F6N4. The molecule has 0 aliphatic heterocycles. The molecule has 0 saturated heterocycles. The molecule has 2 aliphatic rings. The summed E-state index contributed by atoms with van der Waals surface area (Å²) < 4.78 is 79.3. The van der Waals surface area contributed by atoms with Gasteiger partial charge in [-0.3, -0.25) is 0 Å². The lowest BCUT2D eigenvalue weighted by Gasteiger charge is -2.29. The van der Waals surface area contributed by atoms with Crippen molar-refractivity contribution in [1.29, 1.82) is 0 Å². The van der Waals surface area contributed by atoms with E-state index in [4.69, 9.17) is 5.73 Å². The molecule has 0 aromatic heterocycles. The van der Waals surface area contributed by atoms with Crippen LogP contribution < -0.4 is 16.4 Å². The smallest absolute Gasteiger partial charge is 0.353 e. The van der Waals surface area contributed by atoms with Crippen LogP contribution in [0.2, 0.25) is 0 Å². The molecule has 0 radical (unpaired) electrons. The molecule has 10 heteroatoms. The third-order valence-electron chi connectivity index (χ3n) is 5.87. The van der Waals surface area contributed by atoms with E-state index in [1.54, 1.807) is 0 Å². The lowest BCUT2D eigenvalue weighted by atomic mass is 9.91. The number of anilines is 1. The second kappa shape index (κ2) is 9.67. The maximum absolute atomic E-state index is 13.2. The van der Waals surface area contributed by atoms with Crippen molar-refractivity contribution in [1.82, 2.24) is 5.32 Å². The first-order chi connectivity index (χ1) is 14.5. The Balaban J connectivity index is 1.91. The largest absolute Gasteiger partial charge is 0.416 e. The molecule has 174 valence electrons. The van der Waals surface area contributed by atoms with Crippen molar-refractivity contribution in [2.45, 2.75) is 88.3 Å². The Morgan fingerprint density at radius 3 is 1.90 bits per heavy atom. The van der Waals surface area contributed by atoms with Crippen LogP contribution in [0.1, 0.15) is 68.9 Å². The minimum atomic E-state index is -4.91. The Bertz CT molecular complexity index is 736. The molecule has 0 spiro atoms. The van der Waals surface area contributed by atoms with E-state index in [-0.39, 0.29) is 35.8 Å². The van der Waals surface area contributed by atoms with Gasteiger partial charge in [-0.1, -0.05) is 32.1 Å². The van der Waals surface area contributed by atoms with Crippen LogP contribution in [0, 0.1) is 0 Å². The molecular weight excluding hydrogens is 422 g/mol. The topological polar surface area (TPSA) is 62.4 Å². The summed E-state index contributed by atoms with van der Waals surface area (Å²) >= 11 is 0. The van der Waals surface area contributed by atoms with Crippen molar-refractivity contribution in [2.75, 3.05) is 5.32 Å². The number of nitrogens with zero attached hydrogens (tertiary/aromatic N) is 1. The van der Waals surface area contributed by atoms with Crippen LogP contribution >= 0.6 is 0 Å². The average molecular weight is 450 g/mol. The first-order valence-electron chi connectivity index (χ1n) is 10.7. The Kier molecular flexibility index (Phi) is 7.39. The van der Waals surface area contributed by atoms with Crippen molar-refractivity contribution < 1.29 is 26.3 Å². The molecule has 2 atom stereocenters. The van der Waals surface area contributed by atoms with E-state index in [0.29, 0.717) is 12.1 Å². The number of nitrogens with two attached hydrogens (primary N) is 1. The molecule has 2 fully saturated rings.